The first-order valence-electron chi connectivity index (χ1n) is 50.2. The predicted octanol–water partition coefficient (Wildman–Crippen LogP) is 26.8. The number of nitrogens with zero attached hydrogens (tertiary/aromatic N) is 2. The van der Waals surface area contributed by atoms with Crippen molar-refractivity contribution in [3.05, 3.63) is 473 Å². The van der Waals surface area contributed by atoms with Crippen molar-refractivity contribution in [3.63, 3.8) is 0 Å². The van der Waals surface area contributed by atoms with Crippen LogP contribution in [-0.2, 0) is 0 Å². The van der Waals surface area contributed by atoms with Crippen LogP contribution in [-0.4, -0.2) is 36.0 Å². The number of furan rings is 1. The fourth-order valence-corrected chi connectivity index (χ4v) is 25.4. The Balaban J connectivity index is 0.0000000895. The highest BCUT2D eigenvalue weighted by Crippen LogP contribution is 2.47. The Morgan fingerprint density at radius 3 is 0.912 bits per heavy atom. The molecule has 22 aromatic carbocycles. The molecule has 34 rings (SSSR count). The molecule has 0 spiro atoms. The van der Waals surface area contributed by atoms with Crippen LogP contribution in [0, 0.1) is 0 Å². The number of fused-ring (bicyclic) bond motifs is 28. The van der Waals surface area contributed by atoms with Crippen LogP contribution in [0.3, 0.4) is 0 Å². The molecule has 0 radical (unpaired) electrons. The smallest absolute Gasteiger partial charge is 0.260 e. The molecule has 8 aliphatic heterocycles. The summed E-state index contributed by atoms with van der Waals surface area (Å²) in [6, 6.07) is 166. The van der Waals surface area contributed by atoms with Crippen molar-refractivity contribution in [2.45, 2.75) is 0 Å². The van der Waals surface area contributed by atoms with E-state index in [0.29, 0.717) is 0 Å². The molecule has 4 aromatic heterocycles. The van der Waals surface area contributed by atoms with Gasteiger partial charge in [-0.05, 0) is 228 Å². The van der Waals surface area contributed by atoms with Crippen LogP contribution in [0.25, 0.3) is 142 Å². The topological polar surface area (TPSA) is 96.8 Å². The number of hydrogen-bond donors (Lipinski definition) is 0. The second-order valence-electron chi connectivity index (χ2n) is 38.8. The number of thiophene rings is 1. The number of rotatable bonds is 6. The monoisotopic (exact) mass is 1910 g/mol. The van der Waals surface area contributed by atoms with E-state index in [4.69, 9.17) is 42.3 Å². The zero-order valence-corrected chi connectivity index (χ0v) is 80.1. The van der Waals surface area contributed by atoms with Gasteiger partial charge in [0, 0.05) is 97.3 Å². The van der Waals surface area contributed by atoms with E-state index in [1.54, 1.807) is 0 Å². The lowest BCUT2D eigenvalue weighted by atomic mass is 9.35. The molecule has 0 bridgehead atoms. The lowest BCUT2D eigenvalue weighted by molar-refractivity contribution is 0.464. The maximum absolute atomic E-state index is 6.51. The molecule has 0 fully saturated rings. The van der Waals surface area contributed by atoms with Gasteiger partial charge in [0.05, 0.1) is 22.1 Å². The first kappa shape index (κ1) is 83.7. The van der Waals surface area contributed by atoms with Crippen LogP contribution < -0.4 is 103 Å². The first-order valence-corrected chi connectivity index (χ1v) is 51.0. The van der Waals surface area contributed by atoms with E-state index < -0.39 is 0 Å². The van der Waals surface area contributed by atoms with Gasteiger partial charge in [0.1, 0.15) is 103 Å². The highest BCUT2D eigenvalue weighted by atomic mass is 32.1. The average Bonchev–Trinajstić information content (AvgIpc) is 1.69. The van der Waals surface area contributed by atoms with Gasteiger partial charge in [-0.1, -0.05) is 322 Å². The summed E-state index contributed by atoms with van der Waals surface area (Å²) in [7, 11) is 0. The number of aromatic nitrogens is 2. The Labute approximate surface area is 855 Å². The van der Waals surface area contributed by atoms with Crippen molar-refractivity contribution in [1.82, 2.24) is 9.13 Å². The van der Waals surface area contributed by atoms with Crippen LogP contribution in [0.2, 0.25) is 0 Å². The van der Waals surface area contributed by atoms with Gasteiger partial charge < -0.3 is 51.4 Å². The molecule has 11 nitrogen and oxygen atoms in total. The van der Waals surface area contributed by atoms with E-state index in [-0.39, 0.29) is 26.9 Å². The summed E-state index contributed by atoms with van der Waals surface area (Å²) in [5.74, 6) is 14.2. The van der Waals surface area contributed by atoms with Crippen LogP contribution in [0.15, 0.2) is 478 Å². The third-order valence-corrected chi connectivity index (χ3v) is 32.0. The van der Waals surface area contributed by atoms with Crippen molar-refractivity contribution in [1.29, 1.82) is 0 Å². The van der Waals surface area contributed by atoms with E-state index in [0.717, 1.165) is 180 Å². The molecule has 0 aliphatic carbocycles. The van der Waals surface area contributed by atoms with Gasteiger partial charge in [-0.3, -0.25) is 0 Å². The number of para-hydroxylation sites is 10. The molecule has 0 saturated heterocycles. The average molecular weight is 1910 g/mol. The van der Waals surface area contributed by atoms with Crippen molar-refractivity contribution in [2.24, 2.45) is 0 Å². The number of ether oxygens (including phenoxy) is 8. The molecular formula is C132H78B4N2O9S. The molecule has 0 saturated carbocycles. The summed E-state index contributed by atoms with van der Waals surface area (Å²) in [6.45, 7) is 0.287. The Kier molecular flexibility index (Phi) is 18.9. The van der Waals surface area contributed by atoms with E-state index in [2.05, 4.69) is 361 Å². The molecule has 0 N–H and O–H groups in total. The Hall–Kier alpha value is -18.9. The summed E-state index contributed by atoms with van der Waals surface area (Å²) in [5, 5.41) is 9.97. The minimum absolute atomic E-state index is 0.0600. The van der Waals surface area contributed by atoms with Gasteiger partial charge in [-0.2, -0.15) is 0 Å². The van der Waals surface area contributed by atoms with Crippen LogP contribution in [0.5, 0.6) is 92.0 Å². The minimum Gasteiger partial charge on any atom is -0.458 e. The van der Waals surface area contributed by atoms with Gasteiger partial charge in [0.2, 0.25) is 0 Å². The summed E-state index contributed by atoms with van der Waals surface area (Å²) >= 11 is 1.87. The van der Waals surface area contributed by atoms with Crippen molar-refractivity contribution in [2.75, 3.05) is 0 Å². The van der Waals surface area contributed by atoms with E-state index in [1.165, 1.54) is 119 Å². The van der Waals surface area contributed by atoms with Gasteiger partial charge >= 0.3 is 0 Å². The third-order valence-electron chi connectivity index (χ3n) is 30.7. The van der Waals surface area contributed by atoms with E-state index in [9.17, 15) is 0 Å². The summed E-state index contributed by atoms with van der Waals surface area (Å²) in [6.07, 6.45) is 0. The van der Waals surface area contributed by atoms with Crippen LogP contribution >= 0.6 is 11.3 Å². The predicted molar refractivity (Wildman–Crippen MR) is 607 cm³/mol. The van der Waals surface area contributed by atoms with Crippen LogP contribution in [0.4, 0.5) is 0 Å². The zero-order chi connectivity index (χ0) is 96.9. The highest BCUT2D eigenvalue weighted by molar-refractivity contribution is 7.26. The van der Waals surface area contributed by atoms with Gasteiger partial charge in [-0.15, -0.1) is 11.3 Å². The Morgan fingerprint density at radius 1 is 0.176 bits per heavy atom. The van der Waals surface area contributed by atoms with Crippen molar-refractivity contribution >= 4 is 189 Å². The summed E-state index contributed by atoms with van der Waals surface area (Å²) < 4.78 is 64.4. The molecule has 8 aliphatic rings. The maximum atomic E-state index is 6.51. The molecule has 12 heterocycles. The largest absolute Gasteiger partial charge is 0.458 e. The minimum atomic E-state index is 0.0600. The third kappa shape index (κ3) is 13.2. The standard InChI is InChI=1S/C36H21BO3.C36H21BO2S.2C30H18BNO2/c1-3-11-30-26(7-1)27-9-5-8-25(36(27)40-30)23-17-15-22(16-18-23)24-19-20-32-29(21-24)37-28-10-2-4-12-31(28)38-33-13-6-14-34(39-32)35(33)37;1-4-14-34-26(7-1)27-9-5-8-25(36(27)40-34)23-17-15-22(16-18-23)24-19-20-31-29(21-24)37-28-10-2-3-11-30(28)38-32-12-6-13-33(39-31)35(32)37;1-4-11-24-20(8-1)21-9-2-5-12-25(21)32(24)19-16-17-27-23(18-19)31-22-10-3-6-13-26(22)33-28-14-7-15-29(34-27)30(28)31;1-4-11-24-20(8-1)21-9-2-5-12-25(21)32(24)19-16-17-23-29(18-19)34-28-15-7-14-27-30(28)31(23)22-10-3-6-13-26(22)33-27/h2*1-21H;2*1-18H. The molecule has 148 heavy (non-hydrogen) atoms. The quantitative estimate of drug-likeness (QED) is 0.151. The number of benzene rings is 22. The lowest BCUT2D eigenvalue weighted by Gasteiger charge is -2.33. The molecule has 0 amide bonds. The Bertz CT molecular complexity index is 9650. The number of hydrogen-bond acceptors (Lipinski definition) is 10. The SMILES string of the molecule is c1ccc2c(c1)Oc1cccc3c1B2c1cc(-c2ccc(-c4cccc5c4oc4ccccc45)cc2)ccc1O3.c1ccc2c(c1)Oc1cccc3c1B2c1cc(-c2ccc(-c4cccc5c4sc4ccccc45)cc2)ccc1O3.c1ccc2c(c1)Oc1cccc3c1B2c1cc(-n2c4ccccc4c4ccccc42)ccc1O3.c1ccc2c(c1)Oc1cccc3c1B2c1ccc(-n2c4ccccc4c4ccccc42)cc1O3. The van der Waals surface area contributed by atoms with Gasteiger partial charge in [-0.25, -0.2) is 0 Å². The summed E-state index contributed by atoms with van der Waals surface area (Å²) in [5.41, 5.74) is 32.1. The normalized spacial score (nSPS) is 13.0. The molecule has 0 atom stereocenters. The van der Waals surface area contributed by atoms with Crippen LogP contribution in [0.1, 0.15) is 0 Å². The Morgan fingerprint density at radius 2 is 0.466 bits per heavy atom. The first-order chi connectivity index (χ1) is 73.4. The highest BCUT2D eigenvalue weighted by Gasteiger charge is 2.45. The van der Waals surface area contributed by atoms with E-state index >= 15 is 0 Å². The fraction of sp³-hybridized carbons (Fsp3) is 0. The molecule has 26 aromatic rings. The van der Waals surface area contributed by atoms with Gasteiger partial charge in [0.25, 0.3) is 26.9 Å². The van der Waals surface area contributed by atoms with Crippen molar-refractivity contribution < 1.29 is 42.3 Å². The molecular weight excluding hydrogens is 1830 g/mol. The molecule has 0 unspecified atom stereocenters. The second-order valence-corrected chi connectivity index (χ2v) is 39.8. The molecule has 16 heteroatoms. The van der Waals surface area contributed by atoms with E-state index in [1.807, 2.05) is 133 Å². The lowest BCUT2D eigenvalue weighted by Crippen LogP contribution is -2.57. The van der Waals surface area contributed by atoms with Gasteiger partial charge in [0.15, 0.2) is 0 Å². The van der Waals surface area contributed by atoms with Crippen molar-refractivity contribution in [3.8, 4) is 148 Å². The maximum Gasteiger partial charge on any atom is 0.260 e. The zero-order valence-electron chi connectivity index (χ0n) is 79.3. The molecule has 688 valence electrons. The second kappa shape index (κ2) is 33.4. The summed E-state index contributed by atoms with van der Waals surface area (Å²) in [4.78, 5) is 0. The fourth-order valence-electron chi connectivity index (χ4n) is 24.2.